The molecular formula is C34H44FN5O6. The molecule has 11 nitrogen and oxygen atoms in total. The number of amides is 5. The van der Waals surface area contributed by atoms with Gasteiger partial charge in [-0.25, -0.2) is 9.18 Å². The number of primary amides is 1. The molecule has 2 aliphatic heterocycles. The Bertz CT molecular complexity index is 1370. The van der Waals surface area contributed by atoms with Crippen molar-refractivity contribution in [2.24, 2.45) is 40.7 Å². The van der Waals surface area contributed by atoms with Crippen LogP contribution in [0.1, 0.15) is 76.2 Å². The Labute approximate surface area is 267 Å². The largest absolute Gasteiger partial charge is 0.445 e. The van der Waals surface area contributed by atoms with E-state index in [2.05, 4.69) is 16.0 Å². The summed E-state index contributed by atoms with van der Waals surface area (Å²) in [4.78, 5) is 68.4. The molecule has 5 aliphatic carbocycles. The number of carbonyl (C=O) groups is 5. The number of nitrogens with zero attached hydrogens (tertiary/aromatic N) is 1. The normalized spacial score (nSPS) is 35.0. The predicted molar refractivity (Wildman–Crippen MR) is 163 cm³/mol. The first-order valence-corrected chi connectivity index (χ1v) is 17.0. The van der Waals surface area contributed by atoms with Gasteiger partial charge in [-0.3, -0.25) is 19.2 Å². The molecule has 1 aromatic carbocycles. The van der Waals surface area contributed by atoms with Gasteiger partial charge in [-0.05, 0) is 112 Å². The van der Waals surface area contributed by atoms with Crippen molar-refractivity contribution in [1.29, 1.82) is 0 Å². The quantitative estimate of drug-likeness (QED) is 0.309. The highest BCUT2D eigenvalue weighted by atomic mass is 19.1. The molecule has 6 atom stereocenters. The van der Waals surface area contributed by atoms with Crippen LogP contribution in [-0.4, -0.2) is 65.3 Å². The molecule has 5 amide bonds. The topological polar surface area (TPSA) is 160 Å². The maximum absolute atomic E-state index is 14.8. The molecule has 0 radical (unpaired) electrons. The number of halogens is 1. The lowest BCUT2D eigenvalue weighted by atomic mass is 9.47. The van der Waals surface area contributed by atoms with Gasteiger partial charge in [0.2, 0.25) is 23.6 Å². The highest BCUT2D eigenvalue weighted by molar-refractivity contribution is 5.95. The molecule has 6 bridgehead atoms. The van der Waals surface area contributed by atoms with E-state index in [9.17, 15) is 28.4 Å². The standard InChI is InChI=1S/C34H44FN5O6/c35-24-4-1-18(2-5-24)17-46-33(45)39-28(34-14-19-9-20(15-34)11-21(10-19)16-34)32(44)40-25-6-3-22(12-25)27(40)31(43)38-26(29(36)41)13-23-7-8-37-30(23)42/h1-2,4-5,19-23,25-28H,3,6-17H2,(H2,36,41)(H,37,42)(H,38,43)(H,39,45)/t19?,20?,21?,22-,23-,25+,26-,27-,28+,34?/m0/s1. The monoisotopic (exact) mass is 637 g/mol. The molecule has 0 spiro atoms. The van der Waals surface area contributed by atoms with E-state index in [1.54, 1.807) is 17.0 Å². The van der Waals surface area contributed by atoms with E-state index < -0.39 is 47.4 Å². The van der Waals surface area contributed by atoms with Crippen LogP contribution in [0.3, 0.4) is 0 Å². The fourth-order valence-corrected chi connectivity index (χ4v) is 10.3. The molecule has 2 heterocycles. The molecule has 0 aromatic heterocycles. The number of nitrogens with two attached hydrogens (primary N) is 1. The van der Waals surface area contributed by atoms with E-state index >= 15 is 0 Å². The minimum absolute atomic E-state index is 0.0686. The first kappa shape index (κ1) is 30.9. The van der Waals surface area contributed by atoms with Crippen LogP contribution in [0.2, 0.25) is 0 Å². The maximum atomic E-state index is 14.8. The number of hydrogen-bond donors (Lipinski definition) is 4. The lowest BCUT2D eigenvalue weighted by molar-refractivity contribution is -0.153. The zero-order valence-corrected chi connectivity index (χ0v) is 26.0. The highest BCUT2D eigenvalue weighted by Gasteiger charge is 2.60. The number of carbonyl (C=O) groups excluding carboxylic acids is 5. The highest BCUT2D eigenvalue weighted by Crippen LogP contribution is 2.62. The van der Waals surface area contributed by atoms with Gasteiger partial charge in [0.1, 0.15) is 30.5 Å². The number of benzene rings is 1. The van der Waals surface area contributed by atoms with Crippen LogP contribution in [-0.2, 0) is 30.5 Å². The molecule has 12 heteroatoms. The number of rotatable bonds is 10. The summed E-state index contributed by atoms with van der Waals surface area (Å²) in [5.41, 5.74) is 5.89. The van der Waals surface area contributed by atoms with Gasteiger partial charge in [-0.15, -0.1) is 0 Å². The van der Waals surface area contributed by atoms with Crippen LogP contribution < -0.4 is 21.7 Å². The molecule has 248 valence electrons. The van der Waals surface area contributed by atoms with Gasteiger partial charge in [0, 0.05) is 23.9 Å². The second kappa shape index (κ2) is 12.2. The summed E-state index contributed by atoms with van der Waals surface area (Å²) < 4.78 is 18.9. The molecule has 1 aromatic rings. The van der Waals surface area contributed by atoms with Crippen molar-refractivity contribution >= 4 is 29.7 Å². The summed E-state index contributed by atoms with van der Waals surface area (Å²) in [5, 5.41) is 8.55. The minimum Gasteiger partial charge on any atom is -0.445 e. The first-order chi connectivity index (χ1) is 22.1. The van der Waals surface area contributed by atoms with Gasteiger partial charge in [0.15, 0.2) is 0 Å². The van der Waals surface area contributed by atoms with Crippen molar-refractivity contribution in [3.8, 4) is 0 Å². The van der Waals surface area contributed by atoms with Crippen molar-refractivity contribution < 1.29 is 33.1 Å². The molecular weight excluding hydrogens is 593 g/mol. The predicted octanol–water partition coefficient (Wildman–Crippen LogP) is 2.51. The molecule has 5 saturated carbocycles. The number of hydrogen-bond acceptors (Lipinski definition) is 6. The smallest absolute Gasteiger partial charge is 0.408 e. The Morgan fingerprint density at radius 2 is 1.65 bits per heavy atom. The number of likely N-dealkylation sites (tertiary alicyclic amines) is 1. The lowest BCUT2D eigenvalue weighted by Crippen LogP contribution is -2.65. The fourth-order valence-electron chi connectivity index (χ4n) is 10.3. The van der Waals surface area contributed by atoms with Crippen molar-refractivity contribution in [3.05, 3.63) is 35.6 Å². The molecule has 5 N–H and O–H groups in total. The van der Waals surface area contributed by atoms with Crippen molar-refractivity contribution in [2.75, 3.05) is 6.54 Å². The second-order valence-electron chi connectivity index (χ2n) is 15.0. The zero-order valence-electron chi connectivity index (χ0n) is 26.0. The number of ether oxygens (including phenoxy) is 1. The molecule has 46 heavy (non-hydrogen) atoms. The summed E-state index contributed by atoms with van der Waals surface area (Å²) in [6.07, 6.45) is 8.20. The van der Waals surface area contributed by atoms with E-state index in [4.69, 9.17) is 10.5 Å². The van der Waals surface area contributed by atoms with E-state index in [-0.39, 0.29) is 42.6 Å². The molecule has 7 aliphatic rings. The Morgan fingerprint density at radius 1 is 0.978 bits per heavy atom. The summed E-state index contributed by atoms with van der Waals surface area (Å²) >= 11 is 0. The third kappa shape index (κ3) is 5.83. The van der Waals surface area contributed by atoms with Gasteiger partial charge >= 0.3 is 6.09 Å². The van der Waals surface area contributed by atoms with E-state index in [0.717, 1.165) is 51.4 Å². The van der Waals surface area contributed by atoms with Crippen molar-refractivity contribution in [3.63, 3.8) is 0 Å². The second-order valence-corrected chi connectivity index (χ2v) is 15.0. The third-order valence-corrected chi connectivity index (χ3v) is 11.9. The first-order valence-electron chi connectivity index (χ1n) is 17.0. The summed E-state index contributed by atoms with van der Waals surface area (Å²) in [6.45, 7) is 0.448. The van der Waals surface area contributed by atoms with Crippen LogP contribution in [0.5, 0.6) is 0 Å². The Hall–Kier alpha value is -3.70. The van der Waals surface area contributed by atoms with Crippen LogP contribution in [0, 0.1) is 40.8 Å². The van der Waals surface area contributed by atoms with Crippen LogP contribution >= 0.6 is 0 Å². The van der Waals surface area contributed by atoms with Gasteiger partial charge in [-0.1, -0.05) is 12.1 Å². The van der Waals surface area contributed by atoms with Crippen LogP contribution in [0.4, 0.5) is 9.18 Å². The number of alkyl carbamates (subject to hydrolysis) is 1. The maximum Gasteiger partial charge on any atom is 0.408 e. The summed E-state index contributed by atoms with van der Waals surface area (Å²) in [6, 6.07) is 2.88. The van der Waals surface area contributed by atoms with Gasteiger partial charge in [0.25, 0.3) is 0 Å². The summed E-state index contributed by atoms with van der Waals surface area (Å²) in [7, 11) is 0. The van der Waals surface area contributed by atoms with E-state index in [1.165, 1.54) is 12.1 Å². The minimum atomic E-state index is -1.03. The molecule has 0 unspecified atom stereocenters. The van der Waals surface area contributed by atoms with Crippen molar-refractivity contribution in [1.82, 2.24) is 20.9 Å². The Kier molecular flexibility index (Phi) is 8.17. The van der Waals surface area contributed by atoms with Gasteiger partial charge in [-0.2, -0.15) is 0 Å². The number of piperidine rings is 1. The lowest BCUT2D eigenvalue weighted by Gasteiger charge is -2.59. The SMILES string of the molecule is NC(=O)[C@H](C[C@@H]1CCNC1=O)NC(=O)[C@@H]1[C@H]2CC[C@H](C2)N1C(=O)[C@@H](NC(=O)OCc1ccc(F)cc1)C12CC3CC(CC(C3)C1)C2. The molecule has 8 rings (SSSR count). The van der Waals surface area contributed by atoms with E-state index in [0.29, 0.717) is 42.7 Å². The van der Waals surface area contributed by atoms with Crippen LogP contribution in [0.15, 0.2) is 24.3 Å². The van der Waals surface area contributed by atoms with Crippen molar-refractivity contribution in [2.45, 2.75) is 101 Å². The average Bonchev–Trinajstić information content (AvgIpc) is 3.75. The van der Waals surface area contributed by atoms with Gasteiger partial charge in [0.05, 0.1) is 0 Å². The fraction of sp³-hybridized carbons (Fsp3) is 0.676. The average molecular weight is 638 g/mol. The third-order valence-electron chi connectivity index (χ3n) is 11.9. The Morgan fingerprint density at radius 3 is 2.26 bits per heavy atom. The summed E-state index contributed by atoms with van der Waals surface area (Å²) in [5.74, 6) is -0.916. The van der Waals surface area contributed by atoms with E-state index in [1.807, 2.05) is 0 Å². The van der Waals surface area contributed by atoms with Crippen LogP contribution in [0.25, 0.3) is 0 Å². The number of nitrogens with one attached hydrogen (secondary N) is 3. The molecule has 2 saturated heterocycles. The molecule has 7 fully saturated rings. The Balaban J connectivity index is 1.12. The number of fused-ring (bicyclic) bond motifs is 2. The van der Waals surface area contributed by atoms with Gasteiger partial charge < -0.3 is 31.3 Å². The zero-order chi connectivity index (χ0) is 32.2.